The van der Waals surface area contributed by atoms with Crippen molar-refractivity contribution in [2.24, 2.45) is 0 Å². The Bertz CT molecular complexity index is 662. The molecule has 3 N–H and O–H groups in total. The first-order valence-corrected chi connectivity index (χ1v) is 6.50. The van der Waals surface area contributed by atoms with E-state index in [0.29, 0.717) is 27.1 Å². The monoisotopic (exact) mass is 338 g/mol. The lowest BCUT2D eigenvalue weighted by Gasteiger charge is -2.11. The van der Waals surface area contributed by atoms with Gasteiger partial charge in [0.1, 0.15) is 5.82 Å². The van der Waals surface area contributed by atoms with Crippen LogP contribution < -0.4 is 11.1 Å². The molecule has 104 valence electrons. The highest BCUT2D eigenvalue weighted by molar-refractivity contribution is 9.10. The predicted octanol–water partition coefficient (Wildman–Crippen LogP) is 3.70. The first-order chi connectivity index (χ1) is 9.51. The molecule has 20 heavy (non-hydrogen) atoms. The summed E-state index contributed by atoms with van der Waals surface area (Å²) in [6.45, 7) is 0. The number of nitrogens with two attached hydrogens (primary N) is 1. The average Bonchev–Trinajstić information content (AvgIpc) is 2.44. The third-order valence-corrected chi connectivity index (χ3v) is 3.32. The molecule has 0 aliphatic rings. The molecule has 0 unspecified atom stereocenters. The van der Waals surface area contributed by atoms with Gasteiger partial charge in [0.25, 0.3) is 0 Å². The van der Waals surface area contributed by atoms with Crippen molar-refractivity contribution >= 4 is 39.0 Å². The topological polar surface area (TPSA) is 64.3 Å². The van der Waals surface area contributed by atoms with Crippen LogP contribution in [0.25, 0.3) is 0 Å². The molecule has 2 aromatic carbocycles. The fourth-order valence-electron chi connectivity index (χ4n) is 1.64. The number of methoxy groups -OCH3 is 1. The van der Waals surface area contributed by atoms with Gasteiger partial charge in [-0.05, 0) is 52.3 Å². The van der Waals surface area contributed by atoms with Gasteiger partial charge in [-0.2, -0.15) is 0 Å². The van der Waals surface area contributed by atoms with Crippen LogP contribution in [0.3, 0.4) is 0 Å². The Morgan fingerprint density at radius 3 is 2.70 bits per heavy atom. The van der Waals surface area contributed by atoms with E-state index in [4.69, 9.17) is 5.73 Å². The van der Waals surface area contributed by atoms with Crippen molar-refractivity contribution in [3.8, 4) is 0 Å². The Balaban J connectivity index is 2.32. The average molecular weight is 339 g/mol. The quantitative estimate of drug-likeness (QED) is 0.661. The largest absolute Gasteiger partial charge is 0.465 e. The molecule has 0 aliphatic heterocycles. The lowest BCUT2D eigenvalue weighted by Crippen LogP contribution is -2.04. The molecule has 0 fully saturated rings. The van der Waals surface area contributed by atoms with E-state index >= 15 is 0 Å². The molecule has 0 amide bonds. The van der Waals surface area contributed by atoms with Gasteiger partial charge in [-0.25, -0.2) is 9.18 Å². The molecule has 0 saturated heterocycles. The highest BCUT2D eigenvalue weighted by Gasteiger charge is 2.09. The van der Waals surface area contributed by atoms with Crippen molar-refractivity contribution in [1.29, 1.82) is 0 Å². The molecule has 2 aromatic rings. The highest BCUT2D eigenvalue weighted by Crippen LogP contribution is 2.27. The van der Waals surface area contributed by atoms with E-state index in [1.165, 1.54) is 13.2 Å². The second-order valence-corrected chi connectivity index (χ2v) is 4.90. The number of benzene rings is 2. The number of carbonyl (C=O) groups excluding carboxylic acids is 1. The molecule has 0 bridgehead atoms. The number of rotatable bonds is 3. The Hall–Kier alpha value is -2.08. The van der Waals surface area contributed by atoms with Crippen LogP contribution in [-0.4, -0.2) is 13.1 Å². The van der Waals surface area contributed by atoms with Gasteiger partial charge < -0.3 is 15.8 Å². The third-order valence-electron chi connectivity index (χ3n) is 2.67. The molecule has 0 atom stereocenters. The number of hydrogen-bond acceptors (Lipinski definition) is 4. The number of esters is 1. The zero-order valence-corrected chi connectivity index (χ0v) is 12.2. The lowest BCUT2D eigenvalue weighted by molar-refractivity contribution is 0.0601. The number of carbonyl (C=O) groups is 1. The lowest BCUT2D eigenvalue weighted by atomic mass is 10.1. The van der Waals surface area contributed by atoms with E-state index in [-0.39, 0.29) is 0 Å². The number of ether oxygens (including phenoxy) is 1. The van der Waals surface area contributed by atoms with E-state index < -0.39 is 11.8 Å². The molecular formula is C14H12BrFN2O2. The van der Waals surface area contributed by atoms with Crippen molar-refractivity contribution in [1.82, 2.24) is 0 Å². The summed E-state index contributed by atoms with van der Waals surface area (Å²) in [6.07, 6.45) is 0. The minimum atomic E-state index is -0.463. The van der Waals surface area contributed by atoms with Gasteiger partial charge in [0.05, 0.1) is 28.5 Å². The fourth-order valence-corrected chi connectivity index (χ4v) is 1.89. The van der Waals surface area contributed by atoms with Crippen molar-refractivity contribution in [3.63, 3.8) is 0 Å². The van der Waals surface area contributed by atoms with Gasteiger partial charge >= 0.3 is 5.97 Å². The summed E-state index contributed by atoms with van der Waals surface area (Å²) in [5.41, 5.74) is 7.67. The van der Waals surface area contributed by atoms with Gasteiger partial charge in [0, 0.05) is 5.69 Å². The Morgan fingerprint density at radius 2 is 2.05 bits per heavy atom. The van der Waals surface area contributed by atoms with Crippen molar-refractivity contribution < 1.29 is 13.9 Å². The molecule has 0 saturated carbocycles. The van der Waals surface area contributed by atoms with Crippen LogP contribution in [0.2, 0.25) is 0 Å². The number of halogens is 2. The highest BCUT2D eigenvalue weighted by atomic mass is 79.9. The zero-order valence-electron chi connectivity index (χ0n) is 10.6. The summed E-state index contributed by atoms with van der Waals surface area (Å²) < 4.78 is 18.5. The first kappa shape index (κ1) is 14.3. The fraction of sp³-hybridized carbons (Fsp3) is 0.0714. The predicted molar refractivity (Wildman–Crippen MR) is 79.6 cm³/mol. The maximum Gasteiger partial charge on any atom is 0.337 e. The summed E-state index contributed by atoms with van der Waals surface area (Å²) in [7, 11) is 1.30. The molecule has 0 radical (unpaired) electrons. The van der Waals surface area contributed by atoms with Gasteiger partial charge in [-0.3, -0.25) is 0 Å². The molecule has 0 spiro atoms. The van der Waals surface area contributed by atoms with Gasteiger partial charge in [0.2, 0.25) is 0 Å². The summed E-state index contributed by atoms with van der Waals surface area (Å²) in [6, 6.07) is 9.31. The van der Waals surface area contributed by atoms with E-state index in [1.807, 2.05) is 0 Å². The normalized spacial score (nSPS) is 10.2. The number of anilines is 3. The number of hydrogen-bond donors (Lipinski definition) is 2. The van der Waals surface area contributed by atoms with Gasteiger partial charge in [0.15, 0.2) is 0 Å². The van der Waals surface area contributed by atoms with Crippen LogP contribution in [0, 0.1) is 5.82 Å². The van der Waals surface area contributed by atoms with E-state index in [1.54, 1.807) is 30.3 Å². The van der Waals surface area contributed by atoms with Gasteiger partial charge in [-0.1, -0.05) is 0 Å². The maximum atomic E-state index is 13.5. The van der Waals surface area contributed by atoms with Crippen molar-refractivity contribution in [2.75, 3.05) is 18.2 Å². The van der Waals surface area contributed by atoms with Crippen LogP contribution in [-0.2, 0) is 4.74 Å². The molecule has 0 aliphatic carbocycles. The molecule has 0 heterocycles. The Kier molecular flexibility index (Phi) is 4.24. The number of nitrogen functional groups attached to an aromatic ring is 1. The minimum absolute atomic E-state index is 0.363. The third kappa shape index (κ3) is 3.08. The summed E-state index contributed by atoms with van der Waals surface area (Å²) >= 11 is 3.08. The van der Waals surface area contributed by atoms with Crippen molar-refractivity contribution in [3.05, 3.63) is 52.3 Å². The van der Waals surface area contributed by atoms with Crippen molar-refractivity contribution in [2.45, 2.75) is 0 Å². The van der Waals surface area contributed by atoms with Gasteiger partial charge in [-0.15, -0.1) is 0 Å². The van der Waals surface area contributed by atoms with E-state index in [0.717, 1.165) is 0 Å². The molecule has 2 rings (SSSR count). The first-order valence-electron chi connectivity index (χ1n) is 5.71. The van der Waals surface area contributed by atoms with Crippen LogP contribution in [0.4, 0.5) is 21.5 Å². The smallest absolute Gasteiger partial charge is 0.337 e. The van der Waals surface area contributed by atoms with Crippen LogP contribution >= 0.6 is 15.9 Å². The molecule has 6 heteroatoms. The molecule has 0 aromatic heterocycles. The van der Waals surface area contributed by atoms with E-state index in [2.05, 4.69) is 26.0 Å². The maximum absolute atomic E-state index is 13.5. The van der Waals surface area contributed by atoms with E-state index in [9.17, 15) is 9.18 Å². The Labute approximate surface area is 123 Å². The standard InChI is InChI=1S/C14H12BrFN2O2/c1-20-14(19)8-2-5-12(17)13(6-8)18-9-3-4-10(15)11(16)7-9/h2-7,18H,17H2,1H3. The zero-order chi connectivity index (χ0) is 14.7. The molecule has 4 nitrogen and oxygen atoms in total. The summed E-state index contributed by atoms with van der Waals surface area (Å²) in [5, 5.41) is 2.97. The SMILES string of the molecule is COC(=O)c1ccc(N)c(Nc2ccc(Br)c(F)c2)c1. The number of nitrogens with one attached hydrogen (secondary N) is 1. The van der Waals surface area contributed by atoms with Crippen LogP contribution in [0.5, 0.6) is 0 Å². The summed E-state index contributed by atoms with van der Waals surface area (Å²) in [4.78, 5) is 11.5. The summed E-state index contributed by atoms with van der Waals surface area (Å²) in [5.74, 6) is -0.854. The second-order valence-electron chi connectivity index (χ2n) is 4.05. The molecular weight excluding hydrogens is 327 g/mol. The second kappa shape index (κ2) is 5.92. The van der Waals surface area contributed by atoms with Crippen LogP contribution in [0.15, 0.2) is 40.9 Å². The van der Waals surface area contributed by atoms with Crippen LogP contribution in [0.1, 0.15) is 10.4 Å². The Morgan fingerprint density at radius 1 is 1.30 bits per heavy atom. The minimum Gasteiger partial charge on any atom is -0.465 e.